The van der Waals surface area contributed by atoms with Crippen LogP contribution in [0, 0.1) is 0 Å². The van der Waals surface area contributed by atoms with E-state index < -0.39 is 15.6 Å². The third-order valence-corrected chi connectivity index (χ3v) is 6.28. The molecular formula is C19H13Cl2N5O3S. The molecule has 0 aliphatic carbocycles. The minimum atomic E-state index is -3.86. The second-order valence-electron chi connectivity index (χ2n) is 6.12. The molecule has 0 atom stereocenters. The van der Waals surface area contributed by atoms with Crippen molar-refractivity contribution in [3.8, 4) is 11.4 Å². The van der Waals surface area contributed by atoms with E-state index in [1.54, 1.807) is 41.3 Å². The summed E-state index contributed by atoms with van der Waals surface area (Å²) in [7, 11) is -3.86. The molecule has 0 spiro atoms. The Bertz CT molecular complexity index is 1370. The molecule has 0 unspecified atom stereocenters. The Morgan fingerprint density at radius 2 is 1.70 bits per heavy atom. The molecule has 2 aromatic carbocycles. The number of hydrogen-bond donors (Lipinski definition) is 1. The Balaban J connectivity index is 1.61. The van der Waals surface area contributed by atoms with Crippen molar-refractivity contribution in [2.75, 3.05) is 4.72 Å². The lowest BCUT2D eigenvalue weighted by Crippen LogP contribution is -2.21. The number of sulfonamides is 1. The highest BCUT2D eigenvalue weighted by Crippen LogP contribution is 2.21. The van der Waals surface area contributed by atoms with E-state index in [9.17, 15) is 13.2 Å². The first-order chi connectivity index (χ1) is 14.3. The molecule has 0 saturated heterocycles. The Kier molecular flexibility index (Phi) is 5.33. The lowest BCUT2D eigenvalue weighted by molar-refractivity contribution is 0.601. The summed E-state index contributed by atoms with van der Waals surface area (Å²) >= 11 is 11.6. The number of aromatic nitrogens is 4. The van der Waals surface area contributed by atoms with Gasteiger partial charge in [0.2, 0.25) is 0 Å². The van der Waals surface area contributed by atoms with E-state index in [0.29, 0.717) is 17.1 Å². The molecule has 152 valence electrons. The molecule has 0 aliphatic rings. The molecule has 0 saturated carbocycles. The van der Waals surface area contributed by atoms with Crippen molar-refractivity contribution in [2.24, 2.45) is 0 Å². The Labute approximate surface area is 181 Å². The predicted octanol–water partition coefficient (Wildman–Crippen LogP) is 3.53. The number of nitrogens with one attached hydrogen (secondary N) is 1. The summed E-state index contributed by atoms with van der Waals surface area (Å²) in [6.45, 7) is 0. The van der Waals surface area contributed by atoms with Crippen molar-refractivity contribution >= 4 is 38.9 Å². The minimum absolute atomic E-state index is 0.0175. The maximum Gasteiger partial charge on any atom is 0.291 e. The highest BCUT2D eigenvalue weighted by molar-refractivity contribution is 7.92. The first kappa shape index (κ1) is 20.1. The van der Waals surface area contributed by atoms with Gasteiger partial charge in [-0.05, 0) is 48.5 Å². The van der Waals surface area contributed by atoms with Crippen molar-refractivity contribution < 1.29 is 8.42 Å². The van der Waals surface area contributed by atoms with Gasteiger partial charge in [0.15, 0.2) is 0 Å². The van der Waals surface area contributed by atoms with E-state index in [2.05, 4.69) is 14.9 Å². The smallest absolute Gasteiger partial charge is 0.280 e. The molecule has 0 amide bonds. The SMILES string of the molecule is O=c1c(Cl)c(Cl)cnn1-c1ccc(S(=O)(=O)Nc2cccc(-n3cccn3)c2)cc1. The summed E-state index contributed by atoms with van der Waals surface area (Å²) in [5.41, 5.74) is 0.835. The van der Waals surface area contributed by atoms with Gasteiger partial charge in [0.1, 0.15) is 5.02 Å². The molecule has 2 aromatic heterocycles. The molecule has 1 N–H and O–H groups in total. The predicted molar refractivity (Wildman–Crippen MR) is 114 cm³/mol. The van der Waals surface area contributed by atoms with E-state index in [1.165, 1.54) is 30.5 Å². The van der Waals surface area contributed by atoms with Crippen molar-refractivity contribution in [1.29, 1.82) is 0 Å². The van der Waals surface area contributed by atoms with Crippen molar-refractivity contribution in [3.63, 3.8) is 0 Å². The number of anilines is 1. The molecule has 0 fully saturated rings. The summed E-state index contributed by atoms with van der Waals surface area (Å²) < 4.78 is 30.7. The van der Waals surface area contributed by atoms with E-state index in [1.807, 2.05) is 6.07 Å². The third-order valence-electron chi connectivity index (χ3n) is 4.14. The first-order valence-electron chi connectivity index (χ1n) is 8.52. The third kappa shape index (κ3) is 3.95. The molecule has 0 radical (unpaired) electrons. The number of benzene rings is 2. The maximum atomic E-state index is 12.8. The van der Waals surface area contributed by atoms with Gasteiger partial charge in [0.25, 0.3) is 15.6 Å². The van der Waals surface area contributed by atoms with Crippen LogP contribution in [0.4, 0.5) is 5.69 Å². The van der Waals surface area contributed by atoms with Crippen LogP contribution in [-0.4, -0.2) is 28.0 Å². The normalized spacial score (nSPS) is 11.4. The second-order valence-corrected chi connectivity index (χ2v) is 8.59. The minimum Gasteiger partial charge on any atom is -0.280 e. The Hall–Kier alpha value is -3.14. The average Bonchev–Trinajstić information content (AvgIpc) is 3.27. The summed E-state index contributed by atoms with van der Waals surface area (Å²) in [6.07, 6.45) is 4.63. The van der Waals surface area contributed by atoms with Crippen LogP contribution in [0.15, 0.2) is 82.9 Å². The van der Waals surface area contributed by atoms with Gasteiger partial charge in [0, 0.05) is 12.4 Å². The maximum absolute atomic E-state index is 12.8. The van der Waals surface area contributed by atoms with Crippen LogP contribution >= 0.6 is 23.2 Å². The van der Waals surface area contributed by atoms with E-state index in [4.69, 9.17) is 23.2 Å². The zero-order chi connectivity index (χ0) is 21.3. The van der Waals surface area contributed by atoms with Crippen molar-refractivity contribution in [2.45, 2.75) is 4.90 Å². The fraction of sp³-hybridized carbons (Fsp3) is 0. The summed E-state index contributed by atoms with van der Waals surface area (Å²) in [5.74, 6) is 0. The Morgan fingerprint density at radius 1 is 0.933 bits per heavy atom. The zero-order valence-corrected chi connectivity index (χ0v) is 17.4. The second kappa shape index (κ2) is 7.94. The largest absolute Gasteiger partial charge is 0.291 e. The van der Waals surface area contributed by atoms with Crippen LogP contribution in [0.25, 0.3) is 11.4 Å². The van der Waals surface area contributed by atoms with Gasteiger partial charge in [-0.2, -0.15) is 14.9 Å². The van der Waals surface area contributed by atoms with E-state index in [0.717, 1.165) is 4.68 Å². The Morgan fingerprint density at radius 3 is 2.40 bits per heavy atom. The summed E-state index contributed by atoms with van der Waals surface area (Å²) in [4.78, 5) is 12.2. The van der Waals surface area contributed by atoms with E-state index in [-0.39, 0.29) is 14.9 Å². The van der Waals surface area contributed by atoms with Gasteiger partial charge in [-0.25, -0.2) is 13.1 Å². The van der Waals surface area contributed by atoms with Crippen molar-refractivity contribution in [3.05, 3.63) is 93.6 Å². The quantitative estimate of drug-likeness (QED) is 0.489. The molecule has 4 aromatic rings. The molecule has 0 bridgehead atoms. The van der Waals surface area contributed by atoms with Crippen LogP contribution in [0.3, 0.4) is 0 Å². The number of hydrogen-bond acceptors (Lipinski definition) is 5. The molecule has 2 heterocycles. The highest BCUT2D eigenvalue weighted by Gasteiger charge is 2.16. The van der Waals surface area contributed by atoms with Gasteiger partial charge in [-0.15, -0.1) is 0 Å². The molecule has 4 rings (SSSR count). The molecule has 0 aliphatic heterocycles. The molecule has 30 heavy (non-hydrogen) atoms. The van der Waals surface area contributed by atoms with Crippen LogP contribution in [0.5, 0.6) is 0 Å². The molecular weight excluding hydrogens is 449 g/mol. The van der Waals surface area contributed by atoms with Gasteiger partial charge in [0.05, 0.1) is 33.2 Å². The summed E-state index contributed by atoms with van der Waals surface area (Å²) in [5, 5.41) is 7.92. The van der Waals surface area contributed by atoms with E-state index >= 15 is 0 Å². The molecule has 11 heteroatoms. The topological polar surface area (TPSA) is 98.9 Å². The number of nitrogens with zero attached hydrogens (tertiary/aromatic N) is 4. The van der Waals surface area contributed by atoms with Gasteiger partial charge >= 0.3 is 0 Å². The van der Waals surface area contributed by atoms with Crippen LogP contribution < -0.4 is 10.3 Å². The monoisotopic (exact) mass is 461 g/mol. The average molecular weight is 462 g/mol. The fourth-order valence-electron chi connectivity index (χ4n) is 2.71. The highest BCUT2D eigenvalue weighted by atomic mass is 35.5. The van der Waals surface area contributed by atoms with Crippen LogP contribution in [-0.2, 0) is 10.0 Å². The zero-order valence-electron chi connectivity index (χ0n) is 15.1. The summed E-state index contributed by atoms with van der Waals surface area (Å²) in [6, 6.07) is 14.2. The molecule has 8 nitrogen and oxygen atoms in total. The number of halogens is 2. The lowest BCUT2D eigenvalue weighted by atomic mass is 10.3. The fourth-order valence-corrected chi connectivity index (χ4v) is 4.01. The van der Waals surface area contributed by atoms with Crippen LogP contribution in [0.1, 0.15) is 0 Å². The van der Waals surface area contributed by atoms with Gasteiger partial charge < -0.3 is 0 Å². The van der Waals surface area contributed by atoms with Gasteiger partial charge in [-0.3, -0.25) is 9.52 Å². The standard InChI is InChI=1S/C19H13Cl2N5O3S/c20-17-12-23-26(19(27)18(17)21)14-5-7-16(8-6-14)30(28,29)24-13-3-1-4-15(11-13)25-10-2-9-22-25/h1-12,24H. The lowest BCUT2D eigenvalue weighted by Gasteiger charge is -2.11. The number of rotatable bonds is 5. The van der Waals surface area contributed by atoms with Crippen molar-refractivity contribution in [1.82, 2.24) is 19.6 Å². The first-order valence-corrected chi connectivity index (χ1v) is 10.8. The van der Waals surface area contributed by atoms with Gasteiger partial charge in [-0.1, -0.05) is 29.3 Å². The van der Waals surface area contributed by atoms with Crippen LogP contribution in [0.2, 0.25) is 10.0 Å².